The van der Waals surface area contributed by atoms with Crippen LogP contribution >= 0.6 is 0 Å². The molecule has 124 valence electrons. The van der Waals surface area contributed by atoms with Crippen LogP contribution in [0, 0.1) is 12.3 Å². The number of hydrogen-bond donors (Lipinski definition) is 2. The van der Waals surface area contributed by atoms with Gasteiger partial charge in [0.1, 0.15) is 0 Å². The summed E-state index contributed by atoms with van der Waals surface area (Å²) >= 11 is 0. The molecule has 1 atom stereocenters. The van der Waals surface area contributed by atoms with Crippen molar-refractivity contribution in [1.29, 1.82) is 0 Å². The van der Waals surface area contributed by atoms with Crippen molar-refractivity contribution in [2.45, 2.75) is 46.7 Å². The van der Waals surface area contributed by atoms with Crippen LogP contribution in [0.15, 0.2) is 34.9 Å². The van der Waals surface area contributed by atoms with Crippen molar-refractivity contribution in [2.24, 2.45) is 11.1 Å². The fourth-order valence-electron chi connectivity index (χ4n) is 2.00. The van der Waals surface area contributed by atoms with E-state index in [1.165, 1.54) is 5.56 Å². The summed E-state index contributed by atoms with van der Waals surface area (Å²) in [5, 5.41) is 2.80. The molecule has 0 aliphatic heterocycles. The molecule has 0 saturated carbocycles. The van der Waals surface area contributed by atoms with Gasteiger partial charge in [0.2, 0.25) is 11.8 Å². The number of nitrogens with two attached hydrogens (primary N) is 1. The molecule has 0 aliphatic carbocycles. The maximum atomic E-state index is 11.9. The van der Waals surface area contributed by atoms with E-state index in [1.54, 1.807) is 6.20 Å². The molecule has 5 nitrogen and oxygen atoms in total. The number of rotatable bonds is 5. The van der Waals surface area contributed by atoms with Crippen molar-refractivity contribution in [3.63, 3.8) is 0 Å². The van der Waals surface area contributed by atoms with Gasteiger partial charge in [-0.05, 0) is 12.3 Å². The zero-order chi connectivity index (χ0) is 17.0. The van der Waals surface area contributed by atoms with Gasteiger partial charge in [0.05, 0.1) is 12.7 Å². The number of carbonyl (C=O) groups is 1. The Kier molecular flexibility index (Phi) is 5.21. The van der Waals surface area contributed by atoms with Gasteiger partial charge in [-0.15, -0.1) is 0 Å². The van der Waals surface area contributed by atoms with Crippen LogP contribution in [0.2, 0.25) is 0 Å². The molecule has 1 aromatic heterocycles. The number of nitrogens with one attached hydrogen (secondary N) is 1. The fraction of sp³-hybridized carbons (Fsp3) is 0.444. The summed E-state index contributed by atoms with van der Waals surface area (Å²) in [6, 6.07) is 7.83. The summed E-state index contributed by atoms with van der Waals surface area (Å²) in [7, 11) is 0. The van der Waals surface area contributed by atoms with Crippen LogP contribution in [-0.4, -0.2) is 16.9 Å². The maximum Gasteiger partial charge on any atom is 0.222 e. The SMILES string of the molecule is Cc1ccc(-c2cnc(CNC(=O)C[C@H](N)C(C)(C)C)o2)cc1. The van der Waals surface area contributed by atoms with Crippen LogP contribution in [-0.2, 0) is 11.3 Å². The first-order chi connectivity index (χ1) is 10.8. The number of carbonyl (C=O) groups excluding carboxylic acids is 1. The summed E-state index contributed by atoms with van der Waals surface area (Å²) in [6.07, 6.45) is 1.96. The van der Waals surface area contributed by atoms with Gasteiger partial charge in [-0.3, -0.25) is 4.79 Å². The maximum absolute atomic E-state index is 11.9. The van der Waals surface area contributed by atoms with E-state index in [2.05, 4.69) is 10.3 Å². The molecule has 0 bridgehead atoms. The van der Waals surface area contributed by atoms with Crippen molar-refractivity contribution < 1.29 is 9.21 Å². The van der Waals surface area contributed by atoms with Gasteiger partial charge in [-0.1, -0.05) is 50.6 Å². The Labute approximate surface area is 137 Å². The molecule has 5 heteroatoms. The van der Waals surface area contributed by atoms with E-state index >= 15 is 0 Å². The predicted octanol–water partition coefficient (Wildman–Crippen LogP) is 3.03. The highest BCUT2D eigenvalue weighted by Gasteiger charge is 2.23. The number of nitrogens with zero attached hydrogens (tertiary/aromatic N) is 1. The summed E-state index contributed by atoms with van der Waals surface area (Å²) in [5.41, 5.74) is 8.07. The quantitative estimate of drug-likeness (QED) is 0.888. The fourth-order valence-corrected chi connectivity index (χ4v) is 2.00. The molecule has 0 radical (unpaired) electrons. The Balaban J connectivity index is 1.90. The van der Waals surface area contributed by atoms with Crippen molar-refractivity contribution in [3.8, 4) is 11.3 Å². The Morgan fingerprint density at radius 3 is 2.57 bits per heavy atom. The minimum Gasteiger partial charge on any atom is -0.439 e. The third kappa shape index (κ3) is 4.93. The minimum atomic E-state index is -0.185. The van der Waals surface area contributed by atoms with Crippen LogP contribution in [0.1, 0.15) is 38.6 Å². The molecular formula is C18H25N3O2. The third-order valence-electron chi connectivity index (χ3n) is 3.84. The lowest BCUT2D eigenvalue weighted by Crippen LogP contribution is -2.40. The summed E-state index contributed by atoms with van der Waals surface area (Å²) in [4.78, 5) is 16.1. The average Bonchev–Trinajstić information content (AvgIpc) is 2.94. The topological polar surface area (TPSA) is 81.2 Å². The summed E-state index contributed by atoms with van der Waals surface area (Å²) < 4.78 is 5.68. The normalized spacial score (nSPS) is 12.9. The summed E-state index contributed by atoms with van der Waals surface area (Å²) in [5.74, 6) is 1.08. The lowest BCUT2D eigenvalue weighted by Gasteiger charge is -2.26. The number of amides is 1. The van der Waals surface area contributed by atoms with Crippen LogP contribution < -0.4 is 11.1 Å². The third-order valence-corrected chi connectivity index (χ3v) is 3.84. The zero-order valence-corrected chi connectivity index (χ0v) is 14.2. The van der Waals surface area contributed by atoms with Crippen molar-refractivity contribution in [2.75, 3.05) is 0 Å². The molecule has 1 amide bonds. The van der Waals surface area contributed by atoms with E-state index in [-0.39, 0.29) is 30.3 Å². The van der Waals surface area contributed by atoms with Crippen molar-refractivity contribution in [3.05, 3.63) is 41.9 Å². The second-order valence-electron chi connectivity index (χ2n) is 6.94. The summed E-state index contributed by atoms with van der Waals surface area (Å²) in [6.45, 7) is 8.36. The molecule has 23 heavy (non-hydrogen) atoms. The Morgan fingerprint density at radius 1 is 1.30 bits per heavy atom. The van der Waals surface area contributed by atoms with Crippen LogP contribution in [0.5, 0.6) is 0 Å². The van der Waals surface area contributed by atoms with Gasteiger partial charge in [-0.25, -0.2) is 4.98 Å². The van der Waals surface area contributed by atoms with Gasteiger partial charge in [0, 0.05) is 18.0 Å². The van der Waals surface area contributed by atoms with Gasteiger partial charge < -0.3 is 15.5 Å². The second kappa shape index (κ2) is 6.96. The number of aryl methyl sites for hydroxylation is 1. The second-order valence-corrected chi connectivity index (χ2v) is 6.94. The molecule has 1 heterocycles. The van der Waals surface area contributed by atoms with Crippen molar-refractivity contribution in [1.82, 2.24) is 10.3 Å². The highest BCUT2D eigenvalue weighted by atomic mass is 16.4. The first kappa shape index (κ1) is 17.2. The molecule has 0 saturated heterocycles. The number of benzene rings is 1. The molecule has 2 rings (SSSR count). The van der Waals surface area contributed by atoms with Crippen LogP contribution in [0.3, 0.4) is 0 Å². The molecule has 2 aromatic rings. The van der Waals surface area contributed by atoms with Gasteiger partial charge >= 0.3 is 0 Å². The van der Waals surface area contributed by atoms with E-state index in [0.717, 1.165) is 5.56 Å². The van der Waals surface area contributed by atoms with Crippen LogP contribution in [0.25, 0.3) is 11.3 Å². The van der Waals surface area contributed by atoms with Gasteiger partial charge in [-0.2, -0.15) is 0 Å². The molecule has 0 spiro atoms. The highest BCUT2D eigenvalue weighted by molar-refractivity contribution is 5.76. The molecule has 1 aromatic carbocycles. The van der Waals surface area contributed by atoms with E-state index in [0.29, 0.717) is 11.7 Å². The largest absolute Gasteiger partial charge is 0.439 e. The first-order valence-electron chi connectivity index (χ1n) is 7.80. The Hall–Kier alpha value is -2.14. The lowest BCUT2D eigenvalue weighted by molar-refractivity contribution is -0.122. The average molecular weight is 315 g/mol. The predicted molar refractivity (Wildman–Crippen MR) is 90.6 cm³/mol. The Morgan fingerprint density at radius 2 is 1.96 bits per heavy atom. The Bertz CT molecular complexity index is 654. The molecule has 0 aliphatic rings. The molecule has 0 unspecified atom stereocenters. The molecule has 0 fully saturated rings. The number of aromatic nitrogens is 1. The van der Waals surface area contributed by atoms with E-state index < -0.39 is 0 Å². The molecular weight excluding hydrogens is 290 g/mol. The standard InChI is InChI=1S/C18H25N3O2/c1-12-5-7-13(8-6-12)14-10-21-17(23-14)11-20-16(22)9-15(19)18(2,3)4/h5-8,10,15H,9,11,19H2,1-4H3,(H,20,22)/t15-/m0/s1. The van der Waals surface area contributed by atoms with Crippen LogP contribution in [0.4, 0.5) is 0 Å². The monoisotopic (exact) mass is 315 g/mol. The number of oxazole rings is 1. The van der Waals surface area contributed by atoms with E-state index in [9.17, 15) is 4.79 Å². The first-order valence-corrected chi connectivity index (χ1v) is 7.80. The van der Waals surface area contributed by atoms with Crippen molar-refractivity contribution >= 4 is 5.91 Å². The van der Waals surface area contributed by atoms with Gasteiger partial charge in [0.25, 0.3) is 0 Å². The lowest BCUT2D eigenvalue weighted by atomic mass is 9.85. The minimum absolute atomic E-state index is 0.0949. The molecule has 3 N–H and O–H groups in total. The smallest absolute Gasteiger partial charge is 0.222 e. The van der Waals surface area contributed by atoms with Gasteiger partial charge in [0.15, 0.2) is 5.76 Å². The number of hydrogen-bond acceptors (Lipinski definition) is 4. The zero-order valence-electron chi connectivity index (χ0n) is 14.2. The highest BCUT2D eigenvalue weighted by Crippen LogP contribution is 2.21. The van der Waals surface area contributed by atoms with E-state index in [4.69, 9.17) is 10.2 Å². The van der Waals surface area contributed by atoms with E-state index in [1.807, 2.05) is 52.0 Å².